The van der Waals surface area contributed by atoms with Crippen molar-refractivity contribution in [1.29, 1.82) is 0 Å². The zero-order valence-corrected chi connectivity index (χ0v) is 47.4. The maximum absolute atomic E-state index is 9.12. The fraction of sp³-hybridized carbons (Fsp3) is 0.222. The molecule has 2 aliphatic heterocycles. The normalized spacial score (nSPS) is 14.3. The summed E-state index contributed by atoms with van der Waals surface area (Å²) in [6, 6.07) is 63.4. The van der Waals surface area contributed by atoms with Gasteiger partial charge in [0.2, 0.25) is 0 Å². The van der Waals surface area contributed by atoms with Crippen LogP contribution in [0.25, 0.3) is 32.3 Å². The van der Waals surface area contributed by atoms with Gasteiger partial charge in [0.15, 0.2) is 0 Å². The molecule has 0 saturated heterocycles. The topological polar surface area (TPSA) is 9.72 Å². The third-order valence-electron chi connectivity index (χ3n) is 15.8. The highest BCUT2D eigenvalue weighted by Crippen LogP contribution is 2.51. The molecule has 3 nitrogen and oxygen atoms in total. The fourth-order valence-corrected chi connectivity index (χ4v) is 12.7. The van der Waals surface area contributed by atoms with E-state index in [0.29, 0.717) is 5.56 Å². The van der Waals surface area contributed by atoms with E-state index in [-0.39, 0.29) is 58.1 Å². The van der Waals surface area contributed by atoms with Gasteiger partial charge in [0, 0.05) is 60.4 Å². The molecule has 9 aromatic carbocycles. The van der Waals surface area contributed by atoms with Gasteiger partial charge in [-0.1, -0.05) is 204 Å². The van der Waals surface area contributed by atoms with Crippen LogP contribution < -0.4 is 30.4 Å². The summed E-state index contributed by atoms with van der Waals surface area (Å²) in [7, 11) is 0. The Morgan fingerprint density at radius 1 is 0.416 bits per heavy atom. The van der Waals surface area contributed by atoms with Gasteiger partial charge in [0.05, 0.1) is 12.5 Å². The number of benzene rings is 9. The molecule has 0 radical (unpaired) electrons. The Hall–Kier alpha value is -7.60. The lowest BCUT2D eigenvalue weighted by molar-refractivity contribution is 0.590. The number of nitrogens with zero attached hydrogens (tertiary/aromatic N) is 3. The SMILES string of the molecule is [2H]c1c([2H])c([2H])c(-c2ccc3sc4c(c3c2)N(c2ccc(C(C)(C)C)cc2)c2cc(-c3ccccc3)cc3c2B4c2ccc(N(c4ccc(C(C)(C)C)cc4)c4ccc(C(C)(C)C)cc4)cc2N3c2ccc(C(C)(C)C)cc2)c([2H])c1[2H]. The zero-order chi connectivity index (χ0) is 58.1. The summed E-state index contributed by atoms with van der Waals surface area (Å²) in [4.78, 5) is 7.35. The molecule has 0 fully saturated rings. The molecule has 0 saturated carbocycles. The second kappa shape index (κ2) is 18.6. The van der Waals surface area contributed by atoms with Gasteiger partial charge < -0.3 is 14.7 Å². The van der Waals surface area contributed by atoms with E-state index in [2.05, 4.69) is 268 Å². The highest BCUT2D eigenvalue weighted by atomic mass is 32.1. The predicted molar refractivity (Wildman–Crippen MR) is 336 cm³/mol. The van der Waals surface area contributed by atoms with Crippen molar-refractivity contribution in [2.45, 2.75) is 105 Å². The van der Waals surface area contributed by atoms with Crippen LogP contribution in [-0.2, 0) is 21.7 Å². The summed E-state index contributed by atoms with van der Waals surface area (Å²) in [5, 5.41) is 0.948. The van der Waals surface area contributed by atoms with Crippen molar-refractivity contribution < 1.29 is 6.85 Å². The molecular formula is C72H70BN3S. The zero-order valence-electron chi connectivity index (χ0n) is 51.6. The molecule has 77 heavy (non-hydrogen) atoms. The molecular weight excluding hydrogens is 950 g/mol. The predicted octanol–water partition coefficient (Wildman–Crippen LogP) is 19.0. The number of rotatable bonds is 7. The molecule has 2 aliphatic rings. The van der Waals surface area contributed by atoms with Crippen LogP contribution in [0, 0.1) is 0 Å². The van der Waals surface area contributed by atoms with Crippen LogP contribution in [0.15, 0.2) is 206 Å². The Balaban J connectivity index is 1.18. The van der Waals surface area contributed by atoms with E-state index in [1.165, 1.54) is 32.5 Å². The van der Waals surface area contributed by atoms with E-state index in [1.807, 2.05) is 6.07 Å². The first kappa shape index (κ1) is 44.5. The van der Waals surface area contributed by atoms with Crippen LogP contribution in [0.3, 0.4) is 0 Å². The third kappa shape index (κ3) is 9.07. The minimum atomic E-state index is -0.405. The molecule has 382 valence electrons. The molecule has 0 aliphatic carbocycles. The lowest BCUT2D eigenvalue weighted by atomic mass is 9.36. The van der Waals surface area contributed by atoms with Gasteiger partial charge in [-0.2, -0.15) is 0 Å². The van der Waals surface area contributed by atoms with Crippen LogP contribution in [-0.4, -0.2) is 6.71 Å². The summed E-state index contributed by atoms with van der Waals surface area (Å²) < 4.78 is 46.3. The van der Waals surface area contributed by atoms with Crippen LogP contribution in [0.2, 0.25) is 0 Å². The largest absolute Gasteiger partial charge is 0.311 e. The smallest absolute Gasteiger partial charge is 0.264 e. The van der Waals surface area contributed by atoms with Crippen molar-refractivity contribution in [1.82, 2.24) is 0 Å². The molecule has 0 N–H and O–H groups in total. The van der Waals surface area contributed by atoms with E-state index >= 15 is 0 Å². The summed E-state index contributed by atoms with van der Waals surface area (Å²) in [6.07, 6.45) is 0. The van der Waals surface area contributed by atoms with Crippen LogP contribution in [0.5, 0.6) is 0 Å². The summed E-state index contributed by atoms with van der Waals surface area (Å²) in [6.45, 7) is 26.9. The van der Waals surface area contributed by atoms with Gasteiger partial charge >= 0.3 is 0 Å². The second-order valence-electron chi connectivity index (χ2n) is 25.2. The van der Waals surface area contributed by atoms with Crippen molar-refractivity contribution in [3.05, 3.63) is 228 Å². The summed E-state index contributed by atoms with van der Waals surface area (Å²) in [5.41, 5.74) is 19.6. The number of fused-ring (bicyclic) bond motifs is 6. The first-order valence-corrected chi connectivity index (χ1v) is 27.9. The molecule has 0 spiro atoms. The molecule has 3 heterocycles. The van der Waals surface area contributed by atoms with Crippen LogP contribution in [0.4, 0.5) is 51.2 Å². The third-order valence-corrected chi connectivity index (χ3v) is 17.0. The standard InChI is InChI=1S/C72H70BN3S/c1-69(2,3)51-24-32-55(33-25-51)74(56-34-26-52(27-35-56)70(4,5)6)59-40-41-61-62(46-59)75(57-36-28-53(29-37-57)71(7,8)9)63-44-50(48-21-17-14-18-22-48)45-64-66(63)73(61)68-67(76(64)58-38-30-54(31-39-58)72(10,11)12)60-43-49(23-42-65(60)77-68)47-19-15-13-16-20-47/h13-46H,1-12H3/i13D,15D,16D,19D,20D. The Labute approximate surface area is 469 Å². The molecule has 0 amide bonds. The molecule has 12 rings (SSSR count). The average Bonchev–Trinajstić information content (AvgIpc) is 1.73. The average molecular weight is 1030 g/mol. The van der Waals surface area contributed by atoms with E-state index < -0.39 is 6.04 Å². The second-order valence-corrected chi connectivity index (χ2v) is 26.3. The molecule has 1 aromatic heterocycles. The van der Waals surface area contributed by atoms with Gasteiger partial charge in [-0.3, -0.25) is 0 Å². The number of thiophene rings is 1. The quantitative estimate of drug-likeness (QED) is 0.147. The van der Waals surface area contributed by atoms with E-state index in [4.69, 9.17) is 6.85 Å². The number of hydrogen-bond donors (Lipinski definition) is 0. The Bertz CT molecular complexity index is 4040. The van der Waals surface area contributed by atoms with Crippen molar-refractivity contribution in [3.8, 4) is 22.3 Å². The Morgan fingerprint density at radius 3 is 1.42 bits per heavy atom. The van der Waals surface area contributed by atoms with Gasteiger partial charge in [0.1, 0.15) is 0 Å². The van der Waals surface area contributed by atoms with Gasteiger partial charge in [-0.05, 0) is 162 Å². The summed E-state index contributed by atoms with van der Waals surface area (Å²) >= 11 is 1.77. The molecule has 0 atom stereocenters. The Kier molecular flexibility index (Phi) is 10.7. The molecule has 5 heteroatoms. The first-order valence-electron chi connectivity index (χ1n) is 29.6. The lowest BCUT2D eigenvalue weighted by Crippen LogP contribution is -2.60. The number of hydrogen-bond acceptors (Lipinski definition) is 4. The van der Waals surface area contributed by atoms with Crippen molar-refractivity contribution in [2.75, 3.05) is 14.7 Å². The minimum absolute atomic E-state index is 0.0181. The molecule has 0 bridgehead atoms. The van der Waals surface area contributed by atoms with Crippen molar-refractivity contribution in [3.63, 3.8) is 0 Å². The van der Waals surface area contributed by atoms with Crippen LogP contribution >= 0.6 is 11.3 Å². The van der Waals surface area contributed by atoms with E-state index in [0.717, 1.165) is 77.9 Å². The van der Waals surface area contributed by atoms with Crippen LogP contribution in [0.1, 0.15) is 112 Å². The molecule has 0 unspecified atom stereocenters. The van der Waals surface area contributed by atoms with Gasteiger partial charge in [-0.25, -0.2) is 0 Å². The van der Waals surface area contributed by atoms with E-state index in [1.54, 1.807) is 11.3 Å². The molecule has 10 aromatic rings. The lowest BCUT2D eigenvalue weighted by Gasteiger charge is -2.44. The first-order chi connectivity index (χ1) is 38.8. The fourth-order valence-electron chi connectivity index (χ4n) is 11.4. The van der Waals surface area contributed by atoms with E-state index in [9.17, 15) is 0 Å². The maximum atomic E-state index is 9.12. The Morgan fingerprint density at radius 2 is 0.896 bits per heavy atom. The highest BCUT2D eigenvalue weighted by Gasteiger charge is 2.46. The highest BCUT2D eigenvalue weighted by molar-refractivity contribution is 7.33. The van der Waals surface area contributed by atoms with Gasteiger partial charge in [0.25, 0.3) is 6.71 Å². The summed E-state index contributed by atoms with van der Waals surface area (Å²) in [5.74, 6) is 0. The van der Waals surface area contributed by atoms with Crippen molar-refractivity contribution >= 4 is 95.0 Å². The number of anilines is 9. The van der Waals surface area contributed by atoms with Crippen molar-refractivity contribution in [2.24, 2.45) is 0 Å². The van der Waals surface area contributed by atoms with Gasteiger partial charge in [-0.15, -0.1) is 11.3 Å². The minimum Gasteiger partial charge on any atom is -0.311 e. The monoisotopic (exact) mass is 1020 g/mol. The maximum Gasteiger partial charge on any atom is 0.264 e.